The SMILES string of the molecule is COc1cc(C2Nc3ccc(S(=O)(=O)N4CCCCCC4)cc3C3C=CCC32)cc(OC)c1OC. The van der Waals surface area contributed by atoms with E-state index in [2.05, 4.69) is 17.5 Å². The highest BCUT2D eigenvalue weighted by Gasteiger charge is 2.39. The molecule has 7 nitrogen and oxygen atoms in total. The Kier molecular flexibility index (Phi) is 6.68. The van der Waals surface area contributed by atoms with Crippen LogP contribution >= 0.6 is 0 Å². The molecule has 1 N–H and O–H groups in total. The molecule has 2 heterocycles. The summed E-state index contributed by atoms with van der Waals surface area (Å²) >= 11 is 0. The molecule has 2 aromatic rings. The van der Waals surface area contributed by atoms with Gasteiger partial charge in [-0.1, -0.05) is 25.0 Å². The largest absolute Gasteiger partial charge is 0.493 e. The van der Waals surface area contributed by atoms with Gasteiger partial charge in [-0.15, -0.1) is 0 Å². The van der Waals surface area contributed by atoms with Gasteiger partial charge in [0.05, 0.1) is 32.3 Å². The summed E-state index contributed by atoms with van der Waals surface area (Å²) in [4.78, 5) is 0.394. The molecule has 35 heavy (non-hydrogen) atoms. The predicted octanol–water partition coefficient (Wildman–Crippen LogP) is 5.10. The molecule has 0 bridgehead atoms. The van der Waals surface area contributed by atoms with Gasteiger partial charge < -0.3 is 19.5 Å². The molecule has 1 fully saturated rings. The van der Waals surface area contributed by atoms with E-state index in [1.165, 1.54) is 0 Å². The molecular formula is C27H34N2O5S. The van der Waals surface area contributed by atoms with Gasteiger partial charge in [0.15, 0.2) is 11.5 Å². The maximum Gasteiger partial charge on any atom is 0.243 e. The lowest BCUT2D eigenvalue weighted by Gasteiger charge is -2.38. The lowest BCUT2D eigenvalue weighted by molar-refractivity contribution is 0.322. The molecule has 2 aromatic carbocycles. The van der Waals surface area contributed by atoms with Crippen LogP contribution in [0.5, 0.6) is 17.2 Å². The summed E-state index contributed by atoms with van der Waals surface area (Å²) in [5.74, 6) is 2.20. The Balaban J connectivity index is 1.51. The van der Waals surface area contributed by atoms with Gasteiger partial charge in [0.1, 0.15) is 0 Å². The Morgan fingerprint density at radius 1 is 0.914 bits per heavy atom. The van der Waals surface area contributed by atoms with E-state index in [0.717, 1.165) is 48.9 Å². The first-order chi connectivity index (χ1) is 17.0. The zero-order valence-electron chi connectivity index (χ0n) is 20.6. The van der Waals surface area contributed by atoms with Crippen molar-refractivity contribution in [2.45, 2.75) is 49.0 Å². The number of rotatable bonds is 6. The number of methoxy groups -OCH3 is 3. The molecule has 3 atom stereocenters. The fourth-order valence-electron chi connectivity index (χ4n) is 5.77. The Labute approximate surface area is 208 Å². The number of benzene rings is 2. The van der Waals surface area contributed by atoms with E-state index in [9.17, 15) is 8.42 Å². The van der Waals surface area contributed by atoms with E-state index in [1.807, 2.05) is 24.3 Å². The summed E-state index contributed by atoms with van der Waals surface area (Å²) in [5, 5.41) is 3.69. The van der Waals surface area contributed by atoms with Gasteiger partial charge in [-0.3, -0.25) is 0 Å². The molecule has 5 rings (SSSR count). The van der Waals surface area contributed by atoms with Gasteiger partial charge in [-0.25, -0.2) is 8.42 Å². The average molecular weight is 499 g/mol. The molecule has 1 aliphatic carbocycles. The van der Waals surface area contributed by atoms with Crippen molar-refractivity contribution in [2.75, 3.05) is 39.7 Å². The number of sulfonamides is 1. The third-order valence-electron chi connectivity index (χ3n) is 7.58. The van der Waals surface area contributed by atoms with E-state index in [4.69, 9.17) is 14.2 Å². The van der Waals surface area contributed by atoms with Gasteiger partial charge >= 0.3 is 0 Å². The van der Waals surface area contributed by atoms with Crippen molar-refractivity contribution in [1.29, 1.82) is 0 Å². The van der Waals surface area contributed by atoms with Crippen LogP contribution in [0, 0.1) is 5.92 Å². The molecule has 0 spiro atoms. The van der Waals surface area contributed by atoms with Crippen molar-refractivity contribution < 1.29 is 22.6 Å². The van der Waals surface area contributed by atoms with Crippen molar-refractivity contribution >= 4 is 15.7 Å². The second kappa shape index (κ2) is 9.74. The van der Waals surface area contributed by atoms with Crippen LogP contribution < -0.4 is 19.5 Å². The summed E-state index contributed by atoms with van der Waals surface area (Å²) in [6, 6.07) is 9.57. The van der Waals surface area contributed by atoms with E-state index in [-0.39, 0.29) is 17.9 Å². The fraction of sp³-hybridized carbons (Fsp3) is 0.481. The zero-order chi connectivity index (χ0) is 24.6. The number of hydrogen-bond donors (Lipinski definition) is 1. The van der Waals surface area contributed by atoms with Crippen molar-refractivity contribution in [2.24, 2.45) is 5.92 Å². The maximum absolute atomic E-state index is 13.5. The highest BCUT2D eigenvalue weighted by Crippen LogP contribution is 2.52. The normalized spacial score (nSPS) is 24.1. The Bertz CT molecular complexity index is 1190. The van der Waals surface area contributed by atoms with Crippen molar-refractivity contribution in [3.63, 3.8) is 0 Å². The number of allylic oxidation sites excluding steroid dienone is 2. The van der Waals surface area contributed by atoms with Gasteiger partial charge in [0.2, 0.25) is 15.8 Å². The van der Waals surface area contributed by atoms with E-state index in [1.54, 1.807) is 31.7 Å². The first-order valence-electron chi connectivity index (χ1n) is 12.3. The second-order valence-electron chi connectivity index (χ2n) is 9.50. The quantitative estimate of drug-likeness (QED) is 0.558. The van der Waals surface area contributed by atoms with E-state index >= 15 is 0 Å². The summed E-state index contributed by atoms with van der Waals surface area (Å²) in [6.45, 7) is 1.21. The van der Waals surface area contributed by atoms with Gasteiger partial charge in [-0.05, 0) is 66.6 Å². The van der Waals surface area contributed by atoms with Gasteiger partial charge in [0, 0.05) is 24.7 Å². The van der Waals surface area contributed by atoms with Crippen molar-refractivity contribution in [1.82, 2.24) is 4.31 Å². The second-order valence-corrected chi connectivity index (χ2v) is 11.4. The summed E-state index contributed by atoms with van der Waals surface area (Å²) < 4.78 is 45.3. The van der Waals surface area contributed by atoms with Crippen LogP contribution in [0.2, 0.25) is 0 Å². The molecule has 0 amide bonds. The van der Waals surface area contributed by atoms with Crippen molar-refractivity contribution in [3.05, 3.63) is 53.6 Å². The van der Waals surface area contributed by atoms with Crippen LogP contribution in [-0.2, 0) is 10.0 Å². The predicted molar refractivity (Wildman–Crippen MR) is 136 cm³/mol. The summed E-state index contributed by atoms with van der Waals surface area (Å²) in [7, 11) is 1.34. The Morgan fingerprint density at radius 3 is 2.23 bits per heavy atom. The van der Waals surface area contributed by atoms with Crippen LogP contribution in [0.4, 0.5) is 5.69 Å². The number of nitrogens with zero attached hydrogens (tertiary/aromatic N) is 1. The first-order valence-corrected chi connectivity index (χ1v) is 13.8. The number of nitrogens with one attached hydrogen (secondary N) is 1. The molecule has 0 saturated carbocycles. The fourth-order valence-corrected chi connectivity index (χ4v) is 7.33. The highest BCUT2D eigenvalue weighted by atomic mass is 32.2. The number of fused-ring (bicyclic) bond motifs is 3. The molecular weight excluding hydrogens is 464 g/mol. The van der Waals surface area contributed by atoms with Gasteiger partial charge in [0.25, 0.3) is 0 Å². The number of hydrogen-bond acceptors (Lipinski definition) is 6. The molecule has 188 valence electrons. The first kappa shape index (κ1) is 24.0. The van der Waals surface area contributed by atoms with Crippen LogP contribution in [0.15, 0.2) is 47.4 Å². The average Bonchev–Trinajstić information content (AvgIpc) is 3.21. The highest BCUT2D eigenvalue weighted by molar-refractivity contribution is 7.89. The standard InChI is InChI=1S/C27H34N2O5S/c1-32-24-15-18(16-25(33-2)27(24)34-3)26-21-10-8-9-20(21)22-17-19(11-12-23(22)28-26)35(30,31)29-13-6-4-5-7-14-29/h8-9,11-12,15-17,20-21,26,28H,4-7,10,13-14H2,1-3H3. The third kappa shape index (κ3) is 4.27. The third-order valence-corrected chi connectivity index (χ3v) is 9.48. The molecule has 1 saturated heterocycles. The molecule has 8 heteroatoms. The smallest absolute Gasteiger partial charge is 0.243 e. The molecule has 3 unspecified atom stereocenters. The summed E-state index contributed by atoms with van der Waals surface area (Å²) in [6.07, 6.45) is 9.37. The number of anilines is 1. The topological polar surface area (TPSA) is 77.1 Å². The Hall–Kier alpha value is -2.71. The lowest BCUT2D eigenvalue weighted by atomic mass is 9.77. The lowest BCUT2D eigenvalue weighted by Crippen LogP contribution is -2.33. The minimum absolute atomic E-state index is 0.0178. The van der Waals surface area contributed by atoms with E-state index in [0.29, 0.717) is 35.2 Å². The van der Waals surface area contributed by atoms with E-state index < -0.39 is 10.0 Å². The molecule has 0 radical (unpaired) electrons. The Morgan fingerprint density at radius 2 is 1.60 bits per heavy atom. The molecule has 2 aliphatic heterocycles. The van der Waals surface area contributed by atoms with Crippen LogP contribution in [0.1, 0.15) is 55.2 Å². The summed E-state index contributed by atoms with van der Waals surface area (Å²) in [5.41, 5.74) is 3.06. The maximum atomic E-state index is 13.5. The van der Waals surface area contributed by atoms with Crippen LogP contribution in [0.3, 0.4) is 0 Å². The van der Waals surface area contributed by atoms with Crippen LogP contribution in [0.25, 0.3) is 0 Å². The monoisotopic (exact) mass is 498 g/mol. The zero-order valence-corrected chi connectivity index (χ0v) is 21.4. The van der Waals surface area contributed by atoms with Crippen LogP contribution in [-0.4, -0.2) is 47.1 Å². The minimum atomic E-state index is -3.50. The number of ether oxygens (including phenoxy) is 3. The minimum Gasteiger partial charge on any atom is -0.493 e. The molecule has 0 aromatic heterocycles. The van der Waals surface area contributed by atoms with Crippen molar-refractivity contribution in [3.8, 4) is 17.2 Å². The van der Waals surface area contributed by atoms with Gasteiger partial charge in [-0.2, -0.15) is 4.31 Å². The molecule has 3 aliphatic rings.